The van der Waals surface area contributed by atoms with Gasteiger partial charge >= 0.3 is 0 Å². The molecule has 1 aliphatic carbocycles. The van der Waals surface area contributed by atoms with Crippen molar-refractivity contribution in [2.45, 2.75) is 37.6 Å². The van der Waals surface area contributed by atoms with E-state index in [1.165, 1.54) is 11.3 Å². The van der Waals surface area contributed by atoms with Crippen LogP contribution < -0.4 is 11.1 Å². The molecule has 1 amide bonds. The van der Waals surface area contributed by atoms with E-state index in [0.717, 1.165) is 25.7 Å². The number of hydrogen-bond acceptors (Lipinski definition) is 5. The molecule has 0 atom stereocenters. The molecule has 0 saturated heterocycles. The molecule has 82 valence electrons. The molecule has 1 aromatic rings. The summed E-state index contributed by atoms with van der Waals surface area (Å²) < 4.78 is 0. The van der Waals surface area contributed by atoms with Gasteiger partial charge in [0.05, 0.1) is 0 Å². The average molecular weight is 226 g/mol. The lowest BCUT2D eigenvalue weighted by molar-refractivity contribution is -0.117. The fourth-order valence-corrected chi connectivity index (χ4v) is 2.43. The van der Waals surface area contributed by atoms with Gasteiger partial charge in [-0.2, -0.15) is 0 Å². The number of rotatable bonds is 3. The third-order valence-corrected chi connectivity index (χ3v) is 3.33. The van der Waals surface area contributed by atoms with Crippen LogP contribution in [-0.4, -0.2) is 21.6 Å². The van der Waals surface area contributed by atoms with Gasteiger partial charge in [0.1, 0.15) is 5.51 Å². The predicted octanol–water partition coefficient (Wildman–Crippen LogP) is 1.14. The first-order valence-electron chi connectivity index (χ1n) is 5.03. The molecule has 0 bridgehead atoms. The van der Waals surface area contributed by atoms with Crippen LogP contribution in [0.5, 0.6) is 0 Å². The van der Waals surface area contributed by atoms with Crippen molar-refractivity contribution in [3.8, 4) is 0 Å². The zero-order valence-corrected chi connectivity index (χ0v) is 9.22. The molecule has 0 aliphatic heterocycles. The van der Waals surface area contributed by atoms with E-state index < -0.39 is 0 Å². The van der Waals surface area contributed by atoms with Gasteiger partial charge in [0.15, 0.2) is 0 Å². The van der Waals surface area contributed by atoms with Gasteiger partial charge in [-0.1, -0.05) is 24.2 Å². The highest BCUT2D eigenvalue weighted by Crippen LogP contribution is 2.30. The fourth-order valence-electron chi connectivity index (χ4n) is 1.97. The molecule has 5 nitrogen and oxygen atoms in total. The lowest BCUT2D eigenvalue weighted by Crippen LogP contribution is -2.40. The molecule has 3 N–H and O–H groups in total. The maximum absolute atomic E-state index is 11.6. The molecule has 15 heavy (non-hydrogen) atoms. The average Bonchev–Trinajstić information content (AvgIpc) is 2.76. The highest BCUT2D eigenvalue weighted by Gasteiger charge is 2.31. The van der Waals surface area contributed by atoms with Crippen molar-refractivity contribution in [3.05, 3.63) is 5.51 Å². The Balaban J connectivity index is 1.87. The van der Waals surface area contributed by atoms with Crippen molar-refractivity contribution in [1.29, 1.82) is 0 Å². The summed E-state index contributed by atoms with van der Waals surface area (Å²) in [6.07, 6.45) is 4.52. The summed E-state index contributed by atoms with van der Waals surface area (Å²) in [5.74, 6) is -0.0591. The number of aromatic nitrogens is 2. The molecular weight excluding hydrogens is 212 g/mol. The molecule has 1 aliphatic rings. The van der Waals surface area contributed by atoms with Crippen LogP contribution in [0.4, 0.5) is 5.13 Å². The Labute approximate surface area is 92.1 Å². The standard InChI is InChI=1S/C9H14N4OS/c10-9(3-1-2-4-9)5-7(14)12-8-13-11-6-15-8/h6H,1-5,10H2,(H,12,13,14). The molecule has 6 heteroatoms. The van der Waals surface area contributed by atoms with E-state index in [2.05, 4.69) is 15.5 Å². The predicted molar refractivity (Wildman–Crippen MR) is 58.5 cm³/mol. The molecule has 0 spiro atoms. The number of nitrogens with one attached hydrogen (secondary N) is 1. The molecule has 2 rings (SSSR count). The maximum atomic E-state index is 11.6. The van der Waals surface area contributed by atoms with Gasteiger partial charge in [-0.15, -0.1) is 10.2 Å². The molecular formula is C9H14N4OS. The molecule has 0 aromatic carbocycles. The van der Waals surface area contributed by atoms with Crippen LogP contribution in [0.15, 0.2) is 5.51 Å². The van der Waals surface area contributed by atoms with Crippen molar-refractivity contribution in [3.63, 3.8) is 0 Å². The first-order chi connectivity index (χ1) is 7.18. The lowest BCUT2D eigenvalue weighted by atomic mass is 9.94. The summed E-state index contributed by atoms with van der Waals surface area (Å²) in [4.78, 5) is 11.6. The second-order valence-electron chi connectivity index (χ2n) is 4.04. The topological polar surface area (TPSA) is 80.9 Å². The van der Waals surface area contributed by atoms with Gasteiger partial charge in [-0.25, -0.2) is 0 Å². The van der Waals surface area contributed by atoms with Crippen LogP contribution in [0.3, 0.4) is 0 Å². The van der Waals surface area contributed by atoms with E-state index in [4.69, 9.17) is 5.73 Å². The van der Waals surface area contributed by atoms with Crippen molar-refractivity contribution < 1.29 is 4.79 Å². The molecule has 1 aromatic heterocycles. The zero-order chi connectivity index (χ0) is 10.7. The lowest BCUT2D eigenvalue weighted by Gasteiger charge is -2.21. The van der Waals surface area contributed by atoms with Crippen LogP contribution in [0.2, 0.25) is 0 Å². The van der Waals surface area contributed by atoms with Gasteiger partial charge in [-0.3, -0.25) is 4.79 Å². The van der Waals surface area contributed by atoms with E-state index in [9.17, 15) is 4.79 Å². The summed E-state index contributed by atoms with van der Waals surface area (Å²) in [5, 5.41) is 10.6. The summed E-state index contributed by atoms with van der Waals surface area (Å²) in [7, 11) is 0. The molecule has 1 heterocycles. The maximum Gasteiger partial charge on any atom is 0.228 e. The third kappa shape index (κ3) is 2.73. The normalized spacial score (nSPS) is 19.0. The fraction of sp³-hybridized carbons (Fsp3) is 0.667. The zero-order valence-electron chi connectivity index (χ0n) is 8.40. The van der Waals surface area contributed by atoms with Gasteiger partial charge in [-0.05, 0) is 12.8 Å². The molecule has 0 unspecified atom stereocenters. The number of amides is 1. The van der Waals surface area contributed by atoms with Crippen molar-refractivity contribution in [2.24, 2.45) is 5.73 Å². The van der Waals surface area contributed by atoms with Crippen LogP contribution in [0.25, 0.3) is 0 Å². The summed E-state index contributed by atoms with van der Waals surface area (Å²) in [5.41, 5.74) is 7.39. The third-order valence-electron chi connectivity index (χ3n) is 2.72. The number of hydrogen-bond donors (Lipinski definition) is 2. The van der Waals surface area contributed by atoms with Gasteiger partial charge < -0.3 is 11.1 Å². The Hall–Kier alpha value is -1.01. The van der Waals surface area contributed by atoms with E-state index in [0.29, 0.717) is 11.6 Å². The van der Waals surface area contributed by atoms with E-state index in [-0.39, 0.29) is 11.4 Å². The molecule has 1 saturated carbocycles. The quantitative estimate of drug-likeness (QED) is 0.809. The Morgan fingerprint density at radius 1 is 1.60 bits per heavy atom. The largest absolute Gasteiger partial charge is 0.325 e. The van der Waals surface area contributed by atoms with Crippen molar-refractivity contribution in [1.82, 2.24) is 10.2 Å². The Bertz CT molecular complexity index is 332. The minimum Gasteiger partial charge on any atom is -0.325 e. The summed E-state index contributed by atoms with van der Waals surface area (Å²) >= 11 is 1.31. The second-order valence-corrected chi connectivity index (χ2v) is 4.87. The summed E-state index contributed by atoms with van der Waals surface area (Å²) in [6.45, 7) is 0. The molecule has 0 radical (unpaired) electrons. The first-order valence-corrected chi connectivity index (χ1v) is 5.91. The van der Waals surface area contributed by atoms with Gasteiger partial charge in [0, 0.05) is 12.0 Å². The highest BCUT2D eigenvalue weighted by atomic mass is 32.1. The van der Waals surface area contributed by atoms with E-state index in [1.54, 1.807) is 5.51 Å². The van der Waals surface area contributed by atoms with Crippen molar-refractivity contribution >= 4 is 22.4 Å². The Kier molecular flexibility index (Phi) is 2.97. The number of anilines is 1. The SMILES string of the molecule is NC1(CC(=O)Nc2nncs2)CCCC1. The Morgan fingerprint density at radius 3 is 2.93 bits per heavy atom. The van der Waals surface area contributed by atoms with E-state index in [1.807, 2.05) is 0 Å². The molecule has 1 fully saturated rings. The van der Waals surface area contributed by atoms with Crippen LogP contribution in [0.1, 0.15) is 32.1 Å². The van der Waals surface area contributed by atoms with Gasteiger partial charge in [0.2, 0.25) is 11.0 Å². The smallest absolute Gasteiger partial charge is 0.228 e. The number of nitrogens with two attached hydrogens (primary N) is 1. The number of carbonyl (C=O) groups is 1. The number of carbonyl (C=O) groups excluding carboxylic acids is 1. The minimum absolute atomic E-state index is 0.0591. The first kappa shape index (κ1) is 10.5. The van der Waals surface area contributed by atoms with Crippen LogP contribution in [0, 0.1) is 0 Å². The van der Waals surface area contributed by atoms with Crippen LogP contribution in [-0.2, 0) is 4.79 Å². The second kappa shape index (κ2) is 4.24. The summed E-state index contributed by atoms with van der Waals surface area (Å²) in [6, 6.07) is 0. The van der Waals surface area contributed by atoms with Crippen LogP contribution >= 0.6 is 11.3 Å². The van der Waals surface area contributed by atoms with Crippen molar-refractivity contribution in [2.75, 3.05) is 5.32 Å². The minimum atomic E-state index is -0.297. The highest BCUT2D eigenvalue weighted by molar-refractivity contribution is 7.13. The number of nitrogens with zero attached hydrogens (tertiary/aromatic N) is 2. The Morgan fingerprint density at radius 2 is 2.33 bits per heavy atom. The monoisotopic (exact) mass is 226 g/mol. The van der Waals surface area contributed by atoms with E-state index >= 15 is 0 Å². The van der Waals surface area contributed by atoms with Gasteiger partial charge in [0.25, 0.3) is 0 Å².